The first kappa shape index (κ1) is 12.6. The van der Waals surface area contributed by atoms with Crippen molar-refractivity contribution in [2.24, 2.45) is 7.05 Å². The molecule has 22 heavy (non-hydrogen) atoms. The number of imidazole rings is 1. The molecule has 5 nitrogen and oxygen atoms in total. The smallest absolute Gasteiger partial charge is 0.329 e. The van der Waals surface area contributed by atoms with Crippen LogP contribution < -0.4 is 10.4 Å². The lowest BCUT2D eigenvalue weighted by Crippen LogP contribution is -2.34. The van der Waals surface area contributed by atoms with Gasteiger partial charge in [0.05, 0.1) is 38.1 Å². The molecule has 0 radical (unpaired) electrons. The van der Waals surface area contributed by atoms with Crippen LogP contribution in [-0.2, 0) is 12.6 Å². The molecule has 0 N–H and O–H groups in total. The fourth-order valence-electron chi connectivity index (χ4n) is 3.42. The summed E-state index contributed by atoms with van der Waals surface area (Å²) in [5.74, 6) is 0.0298. The van der Waals surface area contributed by atoms with Crippen molar-refractivity contribution >= 4 is 37.9 Å². The minimum absolute atomic E-state index is 0.0707. The molecule has 7 heteroatoms. The minimum atomic E-state index is -0.411. The van der Waals surface area contributed by atoms with E-state index in [4.69, 9.17) is 4.74 Å². The predicted octanol–water partition coefficient (Wildman–Crippen LogP) is 2.67. The van der Waals surface area contributed by atoms with Crippen molar-refractivity contribution in [3.8, 4) is 5.75 Å². The van der Waals surface area contributed by atoms with Crippen LogP contribution >= 0.6 is 15.9 Å². The number of aromatic nitrogens is 3. The first-order chi connectivity index (χ1) is 10.5. The van der Waals surface area contributed by atoms with E-state index in [1.807, 2.05) is 4.57 Å². The molecule has 3 heterocycles. The van der Waals surface area contributed by atoms with Crippen molar-refractivity contribution in [1.29, 1.82) is 0 Å². The van der Waals surface area contributed by atoms with Crippen molar-refractivity contribution in [3.05, 3.63) is 33.0 Å². The first-order valence-corrected chi connectivity index (χ1v) is 7.84. The van der Waals surface area contributed by atoms with E-state index in [0.29, 0.717) is 23.3 Å². The van der Waals surface area contributed by atoms with Crippen molar-refractivity contribution < 1.29 is 9.13 Å². The Hall–Kier alpha value is -1.89. The van der Waals surface area contributed by atoms with Crippen LogP contribution in [0.2, 0.25) is 0 Å². The second-order valence-corrected chi connectivity index (χ2v) is 6.87. The largest absolute Gasteiger partial charge is 0.489 e. The zero-order valence-electron chi connectivity index (χ0n) is 11.7. The number of hydrogen-bond acceptors (Lipinski definition) is 3. The third kappa shape index (κ3) is 1.29. The van der Waals surface area contributed by atoms with Crippen molar-refractivity contribution in [1.82, 2.24) is 14.1 Å². The summed E-state index contributed by atoms with van der Waals surface area (Å²) in [7, 11) is 1.74. The van der Waals surface area contributed by atoms with Gasteiger partial charge in [-0.25, -0.2) is 9.18 Å². The molecule has 1 spiro atoms. The first-order valence-electron chi connectivity index (χ1n) is 7.05. The van der Waals surface area contributed by atoms with Gasteiger partial charge in [0.25, 0.3) is 0 Å². The van der Waals surface area contributed by atoms with Gasteiger partial charge in [-0.2, -0.15) is 0 Å². The van der Waals surface area contributed by atoms with E-state index in [1.54, 1.807) is 17.8 Å². The third-order valence-electron chi connectivity index (χ3n) is 4.81. The van der Waals surface area contributed by atoms with E-state index in [2.05, 4.69) is 20.9 Å². The van der Waals surface area contributed by atoms with E-state index < -0.39 is 5.82 Å². The van der Waals surface area contributed by atoms with Crippen LogP contribution in [0.3, 0.4) is 0 Å². The molecule has 2 aromatic heterocycles. The van der Waals surface area contributed by atoms with E-state index in [0.717, 1.165) is 23.9 Å². The lowest BCUT2D eigenvalue weighted by atomic mass is 10.1. The van der Waals surface area contributed by atoms with E-state index in [-0.39, 0.29) is 15.7 Å². The van der Waals surface area contributed by atoms with Crippen LogP contribution in [0.25, 0.3) is 21.9 Å². The monoisotopic (exact) mass is 363 g/mol. The van der Waals surface area contributed by atoms with Gasteiger partial charge in [0.1, 0.15) is 18.2 Å². The molecule has 0 amide bonds. The van der Waals surface area contributed by atoms with Crippen molar-refractivity contribution in [2.75, 3.05) is 6.61 Å². The van der Waals surface area contributed by atoms with Gasteiger partial charge in [-0.1, -0.05) is 0 Å². The molecule has 5 rings (SSSR count). The van der Waals surface area contributed by atoms with Gasteiger partial charge in [-0.15, -0.1) is 0 Å². The number of halogens is 2. The molecular formula is C15H11BrFN3O2. The zero-order valence-corrected chi connectivity index (χ0v) is 13.3. The number of nitrogens with zero attached hydrogens (tertiary/aromatic N) is 3. The topological polar surface area (TPSA) is 49.0 Å². The number of hydrogen-bond donors (Lipinski definition) is 0. The zero-order chi connectivity index (χ0) is 15.2. The van der Waals surface area contributed by atoms with Gasteiger partial charge >= 0.3 is 5.69 Å². The Kier molecular flexibility index (Phi) is 2.13. The molecule has 0 saturated heterocycles. The molecule has 1 saturated carbocycles. The number of fused-ring (bicyclic) bond motifs is 1. The van der Waals surface area contributed by atoms with E-state index in [9.17, 15) is 9.18 Å². The third-order valence-corrected chi connectivity index (χ3v) is 5.55. The number of pyridine rings is 1. The standard InChI is InChI=1S/C15H11BrFN3O2/c1-19-9-5-18-8-4-7(17)11(16)13-10(8)12(9)20(14(19)21)15(2-3-15)6-22-13/h4-5H,2-3,6H2,1H3. The van der Waals surface area contributed by atoms with Gasteiger partial charge in [0.15, 0.2) is 0 Å². The van der Waals surface area contributed by atoms with Gasteiger partial charge < -0.3 is 4.74 Å². The number of benzene rings is 1. The van der Waals surface area contributed by atoms with Gasteiger partial charge in [-0.3, -0.25) is 14.1 Å². The molecule has 0 atom stereocenters. The Morgan fingerprint density at radius 1 is 1.45 bits per heavy atom. The van der Waals surface area contributed by atoms with Crippen LogP contribution in [0.4, 0.5) is 4.39 Å². The maximum atomic E-state index is 14.1. The fraction of sp³-hybridized carbons (Fsp3) is 0.333. The highest BCUT2D eigenvalue weighted by atomic mass is 79.9. The Morgan fingerprint density at radius 2 is 2.23 bits per heavy atom. The van der Waals surface area contributed by atoms with Gasteiger partial charge in [0, 0.05) is 13.1 Å². The van der Waals surface area contributed by atoms with E-state index >= 15 is 0 Å². The molecule has 112 valence electrons. The maximum absolute atomic E-state index is 14.1. The highest BCUT2D eigenvalue weighted by Gasteiger charge is 2.50. The molecule has 1 aromatic carbocycles. The van der Waals surface area contributed by atoms with Crippen LogP contribution in [-0.4, -0.2) is 20.7 Å². The summed E-state index contributed by atoms with van der Waals surface area (Å²) < 4.78 is 23.7. The Labute approximate surface area is 132 Å². The summed E-state index contributed by atoms with van der Waals surface area (Å²) in [6.45, 7) is 0.373. The van der Waals surface area contributed by atoms with Crippen LogP contribution in [0.15, 0.2) is 21.5 Å². The summed E-state index contributed by atoms with van der Waals surface area (Å²) in [6, 6.07) is 1.37. The van der Waals surface area contributed by atoms with Crippen molar-refractivity contribution in [3.63, 3.8) is 0 Å². The lowest BCUT2D eigenvalue weighted by molar-refractivity contribution is 0.239. The molecule has 1 aliphatic carbocycles. The number of ether oxygens (including phenoxy) is 1. The van der Waals surface area contributed by atoms with Crippen molar-refractivity contribution in [2.45, 2.75) is 18.4 Å². The minimum Gasteiger partial charge on any atom is -0.489 e. The number of rotatable bonds is 0. The maximum Gasteiger partial charge on any atom is 0.329 e. The van der Waals surface area contributed by atoms with Crippen LogP contribution in [0.1, 0.15) is 12.8 Å². The Morgan fingerprint density at radius 3 is 2.95 bits per heavy atom. The molecule has 0 unspecified atom stereocenters. The molecule has 3 aromatic rings. The second-order valence-electron chi connectivity index (χ2n) is 6.08. The quantitative estimate of drug-likeness (QED) is 0.616. The number of aryl methyl sites for hydroxylation is 1. The Balaban J connectivity index is 2.13. The van der Waals surface area contributed by atoms with Gasteiger partial charge in [0.2, 0.25) is 0 Å². The Bertz CT molecular complexity index is 1050. The summed E-state index contributed by atoms with van der Waals surface area (Å²) in [4.78, 5) is 17.0. The molecular weight excluding hydrogens is 353 g/mol. The average Bonchev–Trinajstić information content (AvgIpc) is 3.25. The lowest BCUT2D eigenvalue weighted by Gasteiger charge is -2.15. The van der Waals surface area contributed by atoms with Gasteiger partial charge in [-0.05, 0) is 28.8 Å². The molecule has 1 aliphatic heterocycles. The highest BCUT2D eigenvalue weighted by molar-refractivity contribution is 9.10. The fourth-order valence-corrected chi connectivity index (χ4v) is 3.85. The van der Waals surface area contributed by atoms with E-state index in [1.165, 1.54) is 6.07 Å². The molecule has 0 bridgehead atoms. The SMILES string of the molecule is Cn1c(=O)n2c3c4c(c(Br)c(F)cc4ncc31)OCC21CC1. The highest BCUT2D eigenvalue weighted by Crippen LogP contribution is 2.50. The van der Waals surface area contributed by atoms with Crippen LogP contribution in [0, 0.1) is 5.82 Å². The van der Waals surface area contributed by atoms with Crippen LogP contribution in [0.5, 0.6) is 5.75 Å². The summed E-state index contributed by atoms with van der Waals surface area (Å²) >= 11 is 3.27. The molecule has 2 aliphatic rings. The summed E-state index contributed by atoms with van der Waals surface area (Å²) in [5, 5.41) is 0.701. The second kappa shape index (κ2) is 3.71. The summed E-state index contributed by atoms with van der Waals surface area (Å²) in [6.07, 6.45) is 3.42. The normalized spacial score (nSPS) is 18.1. The predicted molar refractivity (Wildman–Crippen MR) is 82.8 cm³/mol. The molecule has 1 fully saturated rings. The summed E-state index contributed by atoms with van der Waals surface area (Å²) in [5.41, 5.74) is 1.66. The average molecular weight is 364 g/mol.